The molecule has 19 heavy (non-hydrogen) atoms. The van der Waals surface area contributed by atoms with Gasteiger partial charge in [-0.1, -0.05) is 6.92 Å². The average molecular weight is 281 g/mol. The van der Waals surface area contributed by atoms with E-state index >= 15 is 0 Å². The lowest BCUT2D eigenvalue weighted by atomic mass is 10.0. The number of thiazole rings is 1. The van der Waals surface area contributed by atoms with Gasteiger partial charge in [0.15, 0.2) is 5.52 Å². The summed E-state index contributed by atoms with van der Waals surface area (Å²) in [6.07, 6.45) is 0. The normalized spacial score (nSPS) is 14.3. The second-order valence-electron chi connectivity index (χ2n) is 4.51. The summed E-state index contributed by atoms with van der Waals surface area (Å²) in [6.45, 7) is 3.79. The SMILES string of the molecule is CC(CO)C(C)Nc1ccc2scnc2c1[N+](=O)[O-]. The number of nitrogens with zero attached hydrogens (tertiary/aromatic N) is 2. The van der Waals surface area contributed by atoms with Crippen LogP contribution >= 0.6 is 11.3 Å². The highest BCUT2D eigenvalue weighted by Crippen LogP contribution is 2.34. The molecule has 0 spiro atoms. The van der Waals surface area contributed by atoms with E-state index in [9.17, 15) is 10.1 Å². The number of nitrogens with one attached hydrogen (secondary N) is 1. The molecule has 0 aliphatic carbocycles. The lowest BCUT2D eigenvalue weighted by Gasteiger charge is -2.20. The first-order chi connectivity index (χ1) is 9.04. The maximum absolute atomic E-state index is 11.2. The fraction of sp³-hybridized carbons (Fsp3) is 0.417. The first kappa shape index (κ1) is 13.7. The van der Waals surface area contributed by atoms with Gasteiger partial charge in [-0.15, -0.1) is 11.3 Å². The predicted molar refractivity (Wildman–Crippen MR) is 75.6 cm³/mol. The van der Waals surface area contributed by atoms with E-state index < -0.39 is 4.92 Å². The summed E-state index contributed by atoms with van der Waals surface area (Å²) < 4.78 is 0.792. The van der Waals surface area contributed by atoms with Crippen LogP contribution in [0.25, 0.3) is 10.2 Å². The van der Waals surface area contributed by atoms with E-state index in [0.29, 0.717) is 11.2 Å². The van der Waals surface area contributed by atoms with Crippen LogP contribution in [0.4, 0.5) is 11.4 Å². The first-order valence-electron chi connectivity index (χ1n) is 5.92. The minimum Gasteiger partial charge on any atom is -0.396 e. The number of benzene rings is 1. The predicted octanol–water partition coefficient (Wildman–Crippen LogP) is 2.63. The third-order valence-electron chi connectivity index (χ3n) is 3.18. The largest absolute Gasteiger partial charge is 0.396 e. The van der Waals surface area contributed by atoms with Crippen molar-refractivity contribution in [1.29, 1.82) is 0 Å². The molecule has 0 bridgehead atoms. The van der Waals surface area contributed by atoms with E-state index in [4.69, 9.17) is 5.11 Å². The molecule has 102 valence electrons. The van der Waals surface area contributed by atoms with Gasteiger partial charge in [0.2, 0.25) is 0 Å². The van der Waals surface area contributed by atoms with Gasteiger partial charge in [-0.25, -0.2) is 4.98 Å². The van der Waals surface area contributed by atoms with Crippen LogP contribution in [-0.2, 0) is 0 Å². The molecular weight excluding hydrogens is 266 g/mol. The van der Waals surface area contributed by atoms with Crippen molar-refractivity contribution in [2.24, 2.45) is 5.92 Å². The summed E-state index contributed by atoms with van der Waals surface area (Å²) >= 11 is 1.37. The number of anilines is 1. The Kier molecular flexibility index (Phi) is 3.96. The van der Waals surface area contributed by atoms with Crippen molar-refractivity contribution < 1.29 is 10.0 Å². The number of rotatable bonds is 5. The van der Waals surface area contributed by atoms with E-state index in [2.05, 4.69) is 10.3 Å². The van der Waals surface area contributed by atoms with Crippen LogP contribution in [0.3, 0.4) is 0 Å². The van der Waals surface area contributed by atoms with Gasteiger partial charge in [-0.05, 0) is 25.0 Å². The quantitative estimate of drug-likeness (QED) is 0.649. The van der Waals surface area contributed by atoms with Gasteiger partial charge < -0.3 is 10.4 Å². The van der Waals surface area contributed by atoms with E-state index in [1.165, 1.54) is 11.3 Å². The van der Waals surface area contributed by atoms with Gasteiger partial charge in [0.05, 0.1) is 15.1 Å². The van der Waals surface area contributed by atoms with Gasteiger partial charge in [0, 0.05) is 12.6 Å². The molecule has 7 heteroatoms. The third-order valence-corrected chi connectivity index (χ3v) is 3.98. The van der Waals surface area contributed by atoms with Gasteiger partial charge >= 0.3 is 5.69 Å². The van der Waals surface area contributed by atoms with Gasteiger partial charge in [-0.3, -0.25) is 10.1 Å². The number of aliphatic hydroxyl groups is 1. The Morgan fingerprint density at radius 1 is 1.53 bits per heavy atom. The lowest BCUT2D eigenvalue weighted by Crippen LogP contribution is -2.26. The fourth-order valence-electron chi connectivity index (χ4n) is 1.76. The highest BCUT2D eigenvalue weighted by Gasteiger charge is 2.22. The van der Waals surface area contributed by atoms with Gasteiger partial charge in [0.1, 0.15) is 5.69 Å². The molecule has 6 nitrogen and oxygen atoms in total. The van der Waals surface area contributed by atoms with E-state index in [1.807, 2.05) is 19.9 Å². The monoisotopic (exact) mass is 281 g/mol. The molecule has 2 atom stereocenters. The van der Waals surface area contributed by atoms with Crippen LogP contribution in [0.1, 0.15) is 13.8 Å². The summed E-state index contributed by atoms with van der Waals surface area (Å²) in [4.78, 5) is 14.9. The zero-order valence-electron chi connectivity index (χ0n) is 10.7. The second-order valence-corrected chi connectivity index (χ2v) is 5.40. The molecule has 1 aromatic heterocycles. The average Bonchev–Trinajstić information content (AvgIpc) is 2.84. The van der Waals surface area contributed by atoms with Crippen molar-refractivity contribution in [3.8, 4) is 0 Å². The Morgan fingerprint density at radius 3 is 2.89 bits per heavy atom. The van der Waals surface area contributed by atoms with E-state index in [-0.39, 0.29) is 24.3 Å². The molecule has 0 aliphatic heterocycles. The molecule has 0 radical (unpaired) electrons. The maximum Gasteiger partial charge on any atom is 0.319 e. The van der Waals surface area contributed by atoms with Crippen molar-refractivity contribution in [3.05, 3.63) is 27.8 Å². The van der Waals surface area contributed by atoms with Gasteiger partial charge in [0.25, 0.3) is 0 Å². The second kappa shape index (κ2) is 5.50. The highest BCUT2D eigenvalue weighted by atomic mass is 32.1. The van der Waals surface area contributed by atoms with Crippen LogP contribution in [0.15, 0.2) is 17.6 Å². The fourth-order valence-corrected chi connectivity index (χ4v) is 2.44. The first-order valence-corrected chi connectivity index (χ1v) is 6.80. The van der Waals surface area contributed by atoms with Crippen molar-refractivity contribution >= 4 is 32.9 Å². The number of hydrogen-bond donors (Lipinski definition) is 2. The molecule has 1 aromatic carbocycles. The zero-order valence-corrected chi connectivity index (χ0v) is 11.5. The molecule has 2 rings (SSSR count). The number of aliphatic hydroxyl groups excluding tert-OH is 1. The maximum atomic E-state index is 11.2. The van der Waals surface area contributed by atoms with Crippen LogP contribution < -0.4 is 5.32 Å². The summed E-state index contributed by atoms with van der Waals surface area (Å²) in [6, 6.07) is 3.44. The Hall–Kier alpha value is -1.73. The molecule has 0 amide bonds. The van der Waals surface area contributed by atoms with Crippen molar-refractivity contribution in [1.82, 2.24) is 4.98 Å². The number of fused-ring (bicyclic) bond motifs is 1. The van der Waals surface area contributed by atoms with Crippen LogP contribution in [0.5, 0.6) is 0 Å². The zero-order chi connectivity index (χ0) is 14.0. The molecule has 2 unspecified atom stereocenters. The van der Waals surface area contributed by atoms with Gasteiger partial charge in [-0.2, -0.15) is 0 Å². The number of hydrogen-bond acceptors (Lipinski definition) is 6. The summed E-state index contributed by atoms with van der Waals surface area (Å²) in [7, 11) is 0. The molecule has 2 aromatic rings. The molecule has 0 saturated heterocycles. The topological polar surface area (TPSA) is 88.3 Å². The Balaban J connectivity index is 2.42. The van der Waals surface area contributed by atoms with Crippen LogP contribution in [0, 0.1) is 16.0 Å². The lowest BCUT2D eigenvalue weighted by molar-refractivity contribution is -0.382. The molecular formula is C12H15N3O3S. The summed E-state index contributed by atoms with van der Waals surface area (Å²) in [5, 5.41) is 23.4. The Bertz CT molecular complexity index is 599. The highest BCUT2D eigenvalue weighted by molar-refractivity contribution is 7.16. The van der Waals surface area contributed by atoms with E-state index in [0.717, 1.165) is 4.70 Å². The van der Waals surface area contributed by atoms with E-state index in [1.54, 1.807) is 11.6 Å². The standard InChI is InChI=1S/C12H15N3O3S/c1-7(5-16)8(2)14-9-3-4-10-11(13-6-19-10)12(9)15(17)18/h3-4,6-8,14,16H,5H2,1-2H3. The Morgan fingerprint density at radius 2 is 2.26 bits per heavy atom. The minimum absolute atomic E-state index is 0.00394. The molecule has 0 fully saturated rings. The van der Waals surface area contributed by atoms with Crippen molar-refractivity contribution in [2.45, 2.75) is 19.9 Å². The summed E-state index contributed by atoms with van der Waals surface area (Å²) in [5.41, 5.74) is 2.44. The Labute approximate surface area is 114 Å². The number of aromatic nitrogens is 1. The minimum atomic E-state index is -0.416. The third kappa shape index (κ3) is 2.66. The number of nitro benzene ring substituents is 1. The summed E-state index contributed by atoms with van der Waals surface area (Å²) in [5.74, 6) is 0.00531. The molecule has 1 heterocycles. The molecule has 2 N–H and O–H groups in total. The van der Waals surface area contributed by atoms with Crippen molar-refractivity contribution in [2.75, 3.05) is 11.9 Å². The van der Waals surface area contributed by atoms with Crippen LogP contribution in [-0.4, -0.2) is 27.7 Å². The van der Waals surface area contributed by atoms with Crippen LogP contribution in [0.2, 0.25) is 0 Å². The molecule has 0 aliphatic rings. The number of nitro groups is 1. The van der Waals surface area contributed by atoms with Crippen molar-refractivity contribution in [3.63, 3.8) is 0 Å². The molecule has 0 saturated carbocycles. The smallest absolute Gasteiger partial charge is 0.319 e.